The number of ether oxygens (including phenoxy) is 2. The molecule has 1 aliphatic rings. The number of nitrogens with zero attached hydrogens (tertiary/aromatic N) is 2. The first kappa shape index (κ1) is 25.6. The van der Waals surface area contributed by atoms with Crippen LogP contribution in [0.4, 0.5) is 0 Å². The number of hydrogen-bond donors (Lipinski definition) is 2. The molecule has 0 radical (unpaired) electrons. The number of guanidine groups is 1. The number of likely N-dealkylation sites (tertiary alicyclic amines) is 1. The van der Waals surface area contributed by atoms with Crippen LogP contribution in [0.3, 0.4) is 0 Å². The van der Waals surface area contributed by atoms with Crippen molar-refractivity contribution in [3.63, 3.8) is 0 Å². The predicted molar refractivity (Wildman–Crippen MR) is 127 cm³/mol. The minimum atomic E-state index is 0. The Bertz CT molecular complexity index is 601. The molecule has 164 valence electrons. The maximum Gasteiger partial charge on any atom is 0.222 e. The van der Waals surface area contributed by atoms with E-state index in [-0.39, 0.29) is 29.9 Å². The summed E-state index contributed by atoms with van der Waals surface area (Å²) in [5.74, 6) is 1.42. The van der Waals surface area contributed by atoms with Crippen molar-refractivity contribution < 1.29 is 14.3 Å². The fourth-order valence-electron chi connectivity index (χ4n) is 3.13. The molecule has 7 nitrogen and oxygen atoms in total. The number of rotatable bonds is 11. The average Bonchev–Trinajstić information content (AvgIpc) is 3.19. The van der Waals surface area contributed by atoms with Crippen LogP contribution in [0.25, 0.3) is 0 Å². The third-order valence-electron chi connectivity index (χ3n) is 4.64. The van der Waals surface area contributed by atoms with E-state index < -0.39 is 0 Å². The third-order valence-corrected chi connectivity index (χ3v) is 4.64. The van der Waals surface area contributed by atoms with Crippen molar-refractivity contribution in [2.24, 2.45) is 10.9 Å². The van der Waals surface area contributed by atoms with Gasteiger partial charge >= 0.3 is 0 Å². The maximum absolute atomic E-state index is 12.1. The smallest absolute Gasteiger partial charge is 0.222 e. The van der Waals surface area contributed by atoms with Gasteiger partial charge in [-0.25, -0.2) is 0 Å². The second-order valence-electron chi connectivity index (χ2n) is 6.92. The monoisotopic (exact) mass is 518 g/mol. The zero-order valence-electron chi connectivity index (χ0n) is 17.6. The highest BCUT2D eigenvalue weighted by Crippen LogP contribution is 2.16. The molecule has 2 rings (SSSR count). The molecule has 1 aromatic carbocycles. The van der Waals surface area contributed by atoms with E-state index in [4.69, 9.17) is 9.47 Å². The summed E-state index contributed by atoms with van der Waals surface area (Å²) in [6.07, 6.45) is 1.48. The summed E-state index contributed by atoms with van der Waals surface area (Å²) in [7, 11) is 1.68. The van der Waals surface area contributed by atoms with Gasteiger partial charge in [0.05, 0.1) is 26.4 Å². The number of carbonyl (C=O) groups excluding carboxylic acids is 1. The van der Waals surface area contributed by atoms with Crippen molar-refractivity contribution in [3.05, 3.63) is 35.9 Å². The van der Waals surface area contributed by atoms with E-state index in [0.29, 0.717) is 38.6 Å². The average molecular weight is 518 g/mol. The number of aliphatic imine (C=N–C) groups is 1. The molecular weight excluding hydrogens is 483 g/mol. The van der Waals surface area contributed by atoms with E-state index >= 15 is 0 Å². The van der Waals surface area contributed by atoms with Crippen molar-refractivity contribution in [1.29, 1.82) is 0 Å². The molecule has 2 N–H and O–H groups in total. The quantitative estimate of drug-likeness (QED) is 0.204. The Hall–Kier alpha value is -1.39. The lowest BCUT2D eigenvalue weighted by Gasteiger charge is -2.21. The van der Waals surface area contributed by atoms with Crippen LogP contribution in [0.5, 0.6) is 0 Å². The van der Waals surface area contributed by atoms with Crippen LogP contribution in [0.15, 0.2) is 35.3 Å². The Morgan fingerprint density at radius 3 is 2.76 bits per heavy atom. The molecule has 8 heteroatoms. The Morgan fingerprint density at radius 1 is 1.24 bits per heavy atom. The topological polar surface area (TPSA) is 75.2 Å². The molecule has 1 atom stereocenters. The lowest BCUT2D eigenvalue weighted by atomic mass is 10.1. The molecule has 1 aromatic rings. The summed E-state index contributed by atoms with van der Waals surface area (Å²) in [4.78, 5) is 19.0. The molecule has 0 aliphatic carbocycles. The molecule has 29 heavy (non-hydrogen) atoms. The van der Waals surface area contributed by atoms with Gasteiger partial charge < -0.3 is 25.0 Å². The number of methoxy groups -OCH3 is 1. The molecule has 1 amide bonds. The fraction of sp³-hybridized carbons (Fsp3) is 0.619. The standard InChI is InChI=1S/C21H34N4O3.HI/c1-3-22-21(25-12-10-19(16-25)17-28-14-13-27-2)23-11-9-20(26)24-15-18-7-5-4-6-8-18;/h4-8,19H,3,9-17H2,1-2H3,(H,22,23)(H,24,26);1H. The van der Waals surface area contributed by atoms with Crippen LogP contribution in [0.1, 0.15) is 25.3 Å². The lowest BCUT2D eigenvalue weighted by molar-refractivity contribution is -0.121. The van der Waals surface area contributed by atoms with Gasteiger partial charge in [0.15, 0.2) is 5.96 Å². The van der Waals surface area contributed by atoms with E-state index in [2.05, 4.69) is 27.4 Å². The van der Waals surface area contributed by atoms with Gasteiger partial charge in [0, 0.05) is 45.6 Å². The van der Waals surface area contributed by atoms with Crippen molar-refractivity contribution in [1.82, 2.24) is 15.5 Å². The zero-order valence-corrected chi connectivity index (χ0v) is 19.9. The van der Waals surface area contributed by atoms with Gasteiger partial charge in [-0.2, -0.15) is 0 Å². The first-order chi connectivity index (χ1) is 13.7. The first-order valence-electron chi connectivity index (χ1n) is 10.1. The normalized spacial score (nSPS) is 16.4. The van der Waals surface area contributed by atoms with Crippen molar-refractivity contribution in [3.8, 4) is 0 Å². The Labute approximate surface area is 191 Å². The van der Waals surface area contributed by atoms with Crippen molar-refractivity contribution >= 4 is 35.8 Å². The number of benzene rings is 1. The van der Waals surface area contributed by atoms with Crippen molar-refractivity contribution in [2.75, 3.05) is 53.1 Å². The summed E-state index contributed by atoms with van der Waals surface area (Å²) in [6.45, 7) is 7.82. The SMILES string of the molecule is CCNC(=NCCC(=O)NCc1ccccc1)N1CCC(COCCOC)C1.I. The highest BCUT2D eigenvalue weighted by atomic mass is 127. The molecule has 1 saturated heterocycles. The first-order valence-corrected chi connectivity index (χ1v) is 10.1. The molecule has 0 aromatic heterocycles. The molecule has 1 aliphatic heterocycles. The van der Waals surface area contributed by atoms with E-state index in [9.17, 15) is 4.79 Å². The summed E-state index contributed by atoms with van der Waals surface area (Å²) in [6, 6.07) is 9.92. The van der Waals surface area contributed by atoms with Gasteiger partial charge in [-0.05, 0) is 18.9 Å². The fourth-order valence-corrected chi connectivity index (χ4v) is 3.13. The van der Waals surface area contributed by atoms with Gasteiger partial charge in [-0.3, -0.25) is 9.79 Å². The number of hydrogen-bond acceptors (Lipinski definition) is 4. The summed E-state index contributed by atoms with van der Waals surface area (Å²) in [5, 5.41) is 6.28. The molecule has 0 bridgehead atoms. The van der Waals surface area contributed by atoms with Crippen LogP contribution < -0.4 is 10.6 Å². The van der Waals surface area contributed by atoms with E-state index in [1.807, 2.05) is 30.3 Å². The third kappa shape index (κ3) is 10.3. The van der Waals surface area contributed by atoms with Gasteiger partial charge in [-0.1, -0.05) is 30.3 Å². The van der Waals surface area contributed by atoms with Crippen LogP contribution in [0, 0.1) is 5.92 Å². The predicted octanol–water partition coefficient (Wildman–Crippen LogP) is 2.26. The van der Waals surface area contributed by atoms with Crippen LogP contribution >= 0.6 is 24.0 Å². The highest BCUT2D eigenvalue weighted by Gasteiger charge is 2.24. The number of amides is 1. The second-order valence-corrected chi connectivity index (χ2v) is 6.92. The highest BCUT2D eigenvalue weighted by molar-refractivity contribution is 14.0. The Morgan fingerprint density at radius 2 is 2.03 bits per heavy atom. The van der Waals surface area contributed by atoms with Crippen LogP contribution in [-0.2, 0) is 20.8 Å². The number of halogens is 1. The van der Waals surface area contributed by atoms with Gasteiger partial charge in [0.2, 0.25) is 5.91 Å². The van der Waals surface area contributed by atoms with Crippen LogP contribution in [-0.4, -0.2) is 69.9 Å². The van der Waals surface area contributed by atoms with Crippen molar-refractivity contribution in [2.45, 2.75) is 26.3 Å². The molecule has 1 unspecified atom stereocenters. The van der Waals surface area contributed by atoms with E-state index in [1.165, 1.54) is 0 Å². The second kappa shape index (κ2) is 15.4. The molecular formula is C21H35IN4O3. The number of nitrogens with one attached hydrogen (secondary N) is 2. The minimum Gasteiger partial charge on any atom is -0.382 e. The number of carbonyl (C=O) groups is 1. The zero-order chi connectivity index (χ0) is 20.0. The van der Waals surface area contributed by atoms with Gasteiger partial charge in [0.1, 0.15) is 0 Å². The molecule has 0 spiro atoms. The van der Waals surface area contributed by atoms with E-state index in [0.717, 1.165) is 44.2 Å². The van der Waals surface area contributed by atoms with Gasteiger partial charge in [0.25, 0.3) is 0 Å². The molecule has 0 saturated carbocycles. The summed E-state index contributed by atoms with van der Waals surface area (Å²) in [5.41, 5.74) is 1.10. The lowest BCUT2D eigenvalue weighted by Crippen LogP contribution is -2.40. The maximum atomic E-state index is 12.1. The van der Waals surface area contributed by atoms with Gasteiger partial charge in [-0.15, -0.1) is 24.0 Å². The largest absolute Gasteiger partial charge is 0.382 e. The van der Waals surface area contributed by atoms with Crippen LogP contribution in [0.2, 0.25) is 0 Å². The Kier molecular flexibility index (Phi) is 13.7. The van der Waals surface area contributed by atoms with E-state index in [1.54, 1.807) is 7.11 Å². The Balaban J connectivity index is 0.00000420. The minimum absolute atomic E-state index is 0. The summed E-state index contributed by atoms with van der Waals surface area (Å²) < 4.78 is 10.7. The summed E-state index contributed by atoms with van der Waals surface area (Å²) >= 11 is 0. The molecule has 1 heterocycles. The molecule has 1 fully saturated rings.